The highest BCUT2D eigenvalue weighted by molar-refractivity contribution is 7.80. The van der Waals surface area contributed by atoms with Crippen LogP contribution in [0.5, 0.6) is 17.2 Å². The van der Waals surface area contributed by atoms with E-state index in [-0.39, 0.29) is 6.04 Å². The molecule has 0 radical (unpaired) electrons. The molecule has 0 aliphatic carbocycles. The van der Waals surface area contributed by atoms with Crippen LogP contribution < -0.4 is 19.5 Å². The second-order valence-corrected chi connectivity index (χ2v) is 8.16. The molecule has 4 rings (SSSR count). The van der Waals surface area contributed by atoms with Crippen molar-refractivity contribution in [1.29, 1.82) is 0 Å². The van der Waals surface area contributed by atoms with Crippen molar-refractivity contribution < 1.29 is 18.7 Å². The molecule has 0 bridgehead atoms. The molecule has 1 N–H and O–H groups in total. The molecule has 1 aliphatic rings. The Morgan fingerprint density at radius 1 is 1.14 bits per heavy atom. The van der Waals surface area contributed by atoms with Crippen LogP contribution in [0.3, 0.4) is 0 Å². The number of thiocarbonyl (C=S) groups is 1. The highest BCUT2D eigenvalue weighted by atomic mass is 32.1. The normalized spacial score (nSPS) is 15.6. The smallest absolute Gasteiger partial charge is 0.258 e. The van der Waals surface area contributed by atoms with Gasteiger partial charge in [-0.25, -0.2) is 0 Å². The maximum Gasteiger partial charge on any atom is 0.258 e. The van der Waals surface area contributed by atoms with Crippen molar-refractivity contribution in [3.63, 3.8) is 0 Å². The number of ether oxygens (including phenoxy) is 3. The van der Waals surface area contributed by atoms with Crippen molar-refractivity contribution in [3.05, 3.63) is 72.3 Å². The summed E-state index contributed by atoms with van der Waals surface area (Å²) < 4.78 is 22.2. The molecule has 1 aromatic heterocycles. The monoisotopic (exact) mass is 492 g/mol. The maximum absolute atomic E-state index is 5.78. The summed E-state index contributed by atoms with van der Waals surface area (Å²) >= 11 is 5.67. The average molecular weight is 493 g/mol. The van der Waals surface area contributed by atoms with E-state index in [0.717, 1.165) is 28.1 Å². The van der Waals surface area contributed by atoms with Gasteiger partial charge in [0.1, 0.15) is 5.75 Å². The van der Waals surface area contributed by atoms with Crippen LogP contribution in [0.1, 0.15) is 31.3 Å². The standard InChI is InChI=1S/C26H28N4O4S/c1-6-14-30-16(3)22(23(27-26(30)35)18-10-13-20(31-4)21(15-18)32-5)25-28-24(29-34-25)17-8-11-19(12-9-17)33-7-2/h6,8-13,15,23H,1,7,14H2,2-5H3,(H,27,35). The van der Waals surface area contributed by atoms with Crippen LogP contribution in [0.15, 0.2) is 65.3 Å². The third kappa shape index (κ3) is 4.85. The second kappa shape index (κ2) is 10.6. The first-order valence-electron chi connectivity index (χ1n) is 11.2. The van der Waals surface area contributed by atoms with E-state index in [0.29, 0.717) is 41.5 Å². The van der Waals surface area contributed by atoms with Gasteiger partial charge >= 0.3 is 0 Å². The van der Waals surface area contributed by atoms with E-state index in [4.69, 9.17) is 35.9 Å². The van der Waals surface area contributed by atoms with Gasteiger partial charge in [-0.15, -0.1) is 6.58 Å². The minimum absolute atomic E-state index is 0.336. The summed E-state index contributed by atoms with van der Waals surface area (Å²) in [5, 5.41) is 8.24. The van der Waals surface area contributed by atoms with Crippen LogP contribution in [-0.4, -0.2) is 47.5 Å². The molecular weight excluding hydrogens is 464 g/mol. The zero-order valence-electron chi connectivity index (χ0n) is 20.2. The summed E-state index contributed by atoms with van der Waals surface area (Å²) in [5.74, 6) is 2.93. The zero-order chi connectivity index (χ0) is 24.9. The van der Waals surface area contributed by atoms with Gasteiger partial charge in [-0.05, 0) is 68.0 Å². The highest BCUT2D eigenvalue weighted by Crippen LogP contribution is 2.40. The number of rotatable bonds is 9. The molecule has 1 unspecified atom stereocenters. The van der Waals surface area contributed by atoms with Crippen molar-refractivity contribution in [2.75, 3.05) is 27.4 Å². The van der Waals surface area contributed by atoms with Gasteiger partial charge in [0, 0.05) is 17.8 Å². The number of hydrogen-bond donors (Lipinski definition) is 1. The molecule has 2 aromatic carbocycles. The van der Waals surface area contributed by atoms with Crippen molar-refractivity contribution in [2.24, 2.45) is 0 Å². The summed E-state index contributed by atoms with van der Waals surface area (Å²) in [6, 6.07) is 13.0. The minimum atomic E-state index is -0.336. The summed E-state index contributed by atoms with van der Waals surface area (Å²) in [7, 11) is 3.21. The van der Waals surface area contributed by atoms with E-state index >= 15 is 0 Å². The number of allylic oxidation sites excluding steroid dienone is 1. The van der Waals surface area contributed by atoms with Gasteiger partial charge in [0.15, 0.2) is 16.6 Å². The summed E-state index contributed by atoms with van der Waals surface area (Å²) in [5.41, 5.74) is 3.46. The van der Waals surface area contributed by atoms with Crippen LogP contribution >= 0.6 is 12.2 Å². The summed E-state index contributed by atoms with van der Waals surface area (Å²) in [6.07, 6.45) is 1.80. The van der Waals surface area contributed by atoms with E-state index in [9.17, 15) is 0 Å². The number of methoxy groups -OCH3 is 2. The van der Waals surface area contributed by atoms with Crippen molar-refractivity contribution in [2.45, 2.75) is 19.9 Å². The minimum Gasteiger partial charge on any atom is -0.494 e. The molecule has 0 saturated heterocycles. The number of nitrogens with zero attached hydrogens (tertiary/aromatic N) is 3. The third-order valence-electron chi connectivity index (χ3n) is 5.73. The predicted molar refractivity (Wildman–Crippen MR) is 138 cm³/mol. The number of benzene rings is 2. The van der Waals surface area contributed by atoms with Crippen molar-refractivity contribution in [3.8, 4) is 28.6 Å². The summed E-state index contributed by atoms with van der Waals surface area (Å²) in [4.78, 5) is 6.69. The van der Waals surface area contributed by atoms with E-state index in [1.807, 2.05) is 61.2 Å². The molecule has 1 aliphatic heterocycles. The van der Waals surface area contributed by atoms with Crippen LogP contribution in [0.25, 0.3) is 17.0 Å². The highest BCUT2D eigenvalue weighted by Gasteiger charge is 2.34. The zero-order valence-corrected chi connectivity index (χ0v) is 21.0. The fourth-order valence-electron chi connectivity index (χ4n) is 4.01. The topological polar surface area (TPSA) is 81.9 Å². The van der Waals surface area contributed by atoms with Gasteiger partial charge in [0.25, 0.3) is 5.89 Å². The van der Waals surface area contributed by atoms with E-state index in [1.165, 1.54) is 0 Å². The molecule has 35 heavy (non-hydrogen) atoms. The molecule has 0 amide bonds. The molecule has 2 heterocycles. The van der Waals surface area contributed by atoms with E-state index in [1.54, 1.807) is 20.3 Å². The molecule has 3 aromatic rings. The quantitative estimate of drug-likeness (QED) is 0.328. The molecule has 0 fully saturated rings. The van der Waals surface area contributed by atoms with Gasteiger partial charge in [-0.3, -0.25) is 0 Å². The fraction of sp³-hybridized carbons (Fsp3) is 0.269. The first kappa shape index (κ1) is 24.3. The van der Waals surface area contributed by atoms with Crippen molar-refractivity contribution in [1.82, 2.24) is 20.4 Å². The molecule has 0 spiro atoms. The van der Waals surface area contributed by atoms with E-state index in [2.05, 4.69) is 17.1 Å². The SMILES string of the molecule is C=CCN1C(=S)NC(c2ccc(OC)c(OC)c2)C(c2nc(-c3ccc(OCC)cc3)no2)=C1C. The third-order valence-corrected chi connectivity index (χ3v) is 6.07. The molecule has 0 saturated carbocycles. The largest absolute Gasteiger partial charge is 0.494 e. The van der Waals surface area contributed by atoms with Gasteiger partial charge in [0.05, 0.1) is 32.4 Å². The Morgan fingerprint density at radius 2 is 1.89 bits per heavy atom. The van der Waals surface area contributed by atoms with Gasteiger partial charge in [-0.1, -0.05) is 17.3 Å². The van der Waals surface area contributed by atoms with E-state index < -0.39 is 0 Å². The first-order valence-corrected chi connectivity index (χ1v) is 11.6. The fourth-order valence-corrected chi connectivity index (χ4v) is 4.34. The number of nitrogens with one attached hydrogen (secondary N) is 1. The lowest BCUT2D eigenvalue weighted by atomic mass is 9.94. The van der Waals surface area contributed by atoms with Crippen LogP contribution in [-0.2, 0) is 0 Å². The maximum atomic E-state index is 5.78. The lowest BCUT2D eigenvalue weighted by Gasteiger charge is -2.37. The van der Waals surface area contributed by atoms with Crippen LogP contribution in [0.2, 0.25) is 0 Å². The Balaban J connectivity index is 1.78. The van der Waals surface area contributed by atoms with Crippen LogP contribution in [0, 0.1) is 0 Å². The van der Waals surface area contributed by atoms with Gasteiger partial charge in [0.2, 0.25) is 5.82 Å². The average Bonchev–Trinajstić information content (AvgIpc) is 3.36. The molecule has 9 heteroatoms. The first-order chi connectivity index (χ1) is 17.0. The molecular formula is C26H28N4O4S. The molecule has 182 valence electrons. The Hall–Kier alpha value is -3.85. The predicted octanol–water partition coefficient (Wildman–Crippen LogP) is 5.00. The van der Waals surface area contributed by atoms with Gasteiger partial charge in [-0.2, -0.15) is 4.98 Å². The summed E-state index contributed by atoms with van der Waals surface area (Å²) in [6.45, 7) is 8.94. The second-order valence-electron chi connectivity index (χ2n) is 7.78. The molecule has 8 nitrogen and oxygen atoms in total. The Labute approximate surface area is 210 Å². The van der Waals surface area contributed by atoms with Gasteiger partial charge < -0.3 is 29.0 Å². The lowest BCUT2D eigenvalue weighted by Crippen LogP contribution is -2.45. The molecule has 1 atom stereocenters. The van der Waals surface area contributed by atoms with Crippen molar-refractivity contribution >= 4 is 22.9 Å². The lowest BCUT2D eigenvalue weighted by molar-refractivity contribution is 0.340. The Kier molecular flexibility index (Phi) is 7.36. The number of aromatic nitrogens is 2. The Bertz CT molecular complexity index is 1250. The Morgan fingerprint density at radius 3 is 2.54 bits per heavy atom. The van der Waals surface area contributed by atoms with Crippen LogP contribution in [0.4, 0.5) is 0 Å². The number of hydrogen-bond acceptors (Lipinski definition) is 7.